The summed E-state index contributed by atoms with van der Waals surface area (Å²) in [6, 6.07) is 0. The molecule has 0 aromatic rings. The standard InChI is InChI=1S/C10H20O2/c1-9(2,3)12-10(4)5-7-11-8-6-10/h5-8H2,1-4H3. The Labute approximate surface area is 75.2 Å². The minimum atomic E-state index is -0.0356. The van der Waals surface area contributed by atoms with Gasteiger partial charge in [0, 0.05) is 13.2 Å². The van der Waals surface area contributed by atoms with Crippen molar-refractivity contribution in [2.24, 2.45) is 0 Å². The zero-order chi connectivity index (χ0) is 9.24. The van der Waals surface area contributed by atoms with Crippen LogP contribution in [-0.2, 0) is 9.47 Å². The number of hydrogen-bond donors (Lipinski definition) is 0. The molecule has 0 unspecified atom stereocenters. The molecule has 1 aliphatic rings. The van der Waals surface area contributed by atoms with E-state index < -0.39 is 0 Å². The van der Waals surface area contributed by atoms with Gasteiger partial charge in [-0.3, -0.25) is 0 Å². The van der Waals surface area contributed by atoms with Gasteiger partial charge in [-0.25, -0.2) is 0 Å². The Kier molecular flexibility index (Phi) is 2.79. The Bertz CT molecular complexity index is 140. The monoisotopic (exact) mass is 172 g/mol. The fourth-order valence-electron chi connectivity index (χ4n) is 1.64. The molecule has 1 fully saturated rings. The smallest absolute Gasteiger partial charge is 0.0705 e. The number of ether oxygens (including phenoxy) is 2. The summed E-state index contributed by atoms with van der Waals surface area (Å²) in [6.07, 6.45) is 2.04. The van der Waals surface area contributed by atoms with Crippen LogP contribution in [0, 0.1) is 0 Å². The summed E-state index contributed by atoms with van der Waals surface area (Å²) in [5, 5.41) is 0. The van der Waals surface area contributed by atoms with Crippen LogP contribution in [0.25, 0.3) is 0 Å². The van der Waals surface area contributed by atoms with Crippen molar-refractivity contribution in [1.29, 1.82) is 0 Å². The average Bonchev–Trinajstić information content (AvgIpc) is 1.83. The minimum Gasteiger partial charge on any atom is -0.381 e. The molecule has 0 amide bonds. The Morgan fingerprint density at radius 2 is 1.67 bits per heavy atom. The van der Waals surface area contributed by atoms with Crippen molar-refractivity contribution >= 4 is 0 Å². The predicted molar refractivity (Wildman–Crippen MR) is 49.3 cm³/mol. The van der Waals surface area contributed by atoms with Crippen LogP contribution in [0.5, 0.6) is 0 Å². The van der Waals surface area contributed by atoms with Gasteiger partial charge in [0.1, 0.15) is 0 Å². The third-order valence-electron chi connectivity index (χ3n) is 2.10. The maximum absolute atomic E-state index is 5.99. The molecule has 72 valence electrons. The molecule has 1 rings (SSSR count). The Morgan fingerprint density at radius 1 is 1.17 bits per heavy atom. The lowest BCUT2D eigenvalue weighted by Gasteiger charge is -2.39. The van der Waals surface area contributed by atoms with Crippen LogP contribution in [0.4, 0.5) is 0 Å². The first-order chi connectivity index (χ1) is 5.41. The van der Waals surface area contributed by atoms with Crippen LogP contribution in [-0.4, -0.2) is 24.4 Å². The molecule has 2 nitrogen and oxygen atoms in total. The summed E-state index contributed by atoms with van der Waals surface area (Å²) in [7, 11) is 0. The zero-order valence-corrected chi connectivity index (χ0v) is 8.64. The lowest BCUT2D eigenvalue weighted by atomic mass is 9.95. The van der Waals surface area contributed by atoms with E-state index in [9.17, 15) is 0 Å². The van der Waals surface area contributed by atoms with Crippen molar-refractivity contribution in [3.05, 3.63) is 0 Å². The summed E-state index contributed by atoms with van der Waals surface area (Å²) < 4.78 is 11.3. The molecular weight excluding hydrogens is 152 g/mol. The Hall–Kier alpha value is -0.0800. The van der Waals surface area contributed by atoms with E-state index in [2.05, 4.69) is 27.7 Å². The van der Waals surface area contributed by atoms with Gasteiger partial charge in [0.05, 0.1) is 11.2 Å². The highest BCUT2D eigenvalue weighted by Crippen LogP contribution is 2.29. The first-order valence-electron chi connectivity index (χ1n) is 4.69. The van der Waals surface area contributed by atoms with Gasteiger partial charge in [-0.1, -0.05) is 0 Å². The quantitative estimate of drug-likeness (QED) is 0.604. The molecule has 12 heavy (non-hydrogen) atoms. The summed E-state index contributed by atoms with van der Waals surface area (Å²) in [6.45, 7) is 10.2. The molecule has 0 aromatic heterocycles. The third-order valence-corrected chi connectivity index (χ3v) is 2.10. The van der Waals surface area contributed by atoms with Gasteiger partial charge in [-0.15, -0.1) is 0 Å². The van der Waals surface area contributed by atoms with E-state index in [1.54, 1.807) is 0 Å². The van der Waals surface area contributed by atoms with Crippen LogP contribution in [0.1, 0.15) is 40.5 Å². The molecular formula is C10H20O2. The molecule has 1 aliphatic heterocycles. The van der Waals surface area contributed by atoms with Crippen LogP contribution in [0.2, 0.25) is 0 Å². The van der Waals surface area contributed by atoms with Gasteiger partial charge in [0.25, 0.3) is 0 Å². The molecule has 0 aromatic carbocycles. The summed E-state index contributed by atoms with van der Waals surface area (Å²) in [5.41, 5.74) is 0.00257. The second-order valence-corrected chi connectivity index (χ2v) is 4.78. The van der Waals surface area contributed by atoms with Gasteiger partial charge in [0.15, 0.2) is 0 Å². The fraction of sp³-hybridized carbons (Fsp3) is 1.00. The van der Waals surface area contributed by atoms with E-state index in [1.165, 1.54) is 0 Å². The lowest BCUT2D eigenvalue weighted by Crippen LogP contribution is -2.41. The molecule has 0 aliphatic carbocycles. The van der Waals surface area contributed by atoms with E-state index in [1.807, 2.05) is 0 Å². The van der Waals surface area contributed by atoms with Gasteiger partial charge in [-0.05, 0) is 40.5 Å². The SMILES string of the molecule is CC(C)(C)OC1(C)CCOCC1. The summed E-state index contributed by atoms with van der Waals surface area (Å²) >= 11 is 0. The maximum Gasteiger partial charge on any atom is 0.0705 e. The van der Waals surface area contributed by atoms with E-state index in [0.717, 1.165) is 26.1 Å². The molecule has 0 spiro atoms. The van der Waals surface area contributed by atoms with Crippen LogP contribution < -0.4 is 0 Å². The predicted octanol–water partition coefficient (Wildman–Crippen LogP) is 2.37. The van der Waals surface area contributed by atoms with E-state index in [0.29, 0.717) is 0 Å². The van der Waals surface area contributed by atoms with Crippen LogP contribution in [0.15, 0.2) is 0 Å². The average molecular weight is 172 g/mol. The fourth-order valence-corrected chi connectivity index (χ4v) is 1.64. The summed E-state index contributed by atoms with van der Waals surface area (Å²) in [4.78, 5) is 0. The van der Waals surface area contributed by atoms with Gasteiger partial charge in [-0.2, -0.15) is 0 Å². The van der Waals surface area contributed by atoms with Crippen molar-refractivity contribution in [1.82, 2.24) is 0 Å². The van der Waals surface area contributed by atoms with Crippen LogP contribution >= 0.6 is 0 Å². The third kappa shape index (κ3) is 3.11. The van der Waals surface area contributed by atoms with E-state index in [-0.39, 0.29) is 11.2 Å². The maximum atomic E-state index is 5.99. The molecule has 0 N–H and O–H groups in total. The normalized spacial score (nSPS) is 24.0. The second-order valence-electron chi connectivity index (χ2n) is 4.78. The highest BCUT2D eigenvalue weighted by Gasteiger charge is 2.32. The first kappa shape index (κ1) is 10.0. The van der Waals surface area contributed by atoms with E-state index in [4.69, 9.17) is 9.47 Å². The Morgan fingerprint density at radius 3 is 2.08 bits per heavy atom. The number of hydrogen-bond acceptors (Lipinski definition) is 2. The highest BCUT2D eigenvalue weighted by atomic mass is 16.5. The molecule has 0 saturated carbocycles. The molecule has 1 saturated heterocycles. The van der Waals surface area contributed by atoms with Crippen molar-refractivity contribution in [2.45, 2.75) is 51.7 Å². The van der Waals surface area contributed by atoms with Crippen molar-refractivity contribution in [3.8, 4) is 0 Å². The second kappa shape index (κ2) is 3.35. The zero-order valence-electron chi connectivity index (χ0n) is 8.64. The molecule has 0 bridgehead atoms. The minimum absolute atomic E-state index is 0.0356. The van der Waals surface area contributed by atoms with Crippen molar-refractivity contribution in [2.75, 3.05) is 13.2 Å². The molecule has 0 atom stereocenters. The van der Waals surface area contributed by atoms with Gasteiger partial charge >= 0.3 is 0 Å². The first-order valence-corrected chi connectivity index (χ1v) is 4.69. The topological polar surface area (TPSA) is 18.5 Å². The summed E-state index contributed by atoms with van der Waals surface area (Å²) in [5.74, 6) is 0. The molecule has 2 heteroatoms. The molecule has 0 radical (unpaired) electrons. The van der Waals surface area contributed by atoms with Gasteiger partial charge in [0.2, 0.25) is 0 Å². The molecule has 1 heterocycles. The highest BCUT2D eigenvalue weighted by molar-refractivity contribution is 4.81. The van der Waals surface area contributed by atoms with Gasteiger partial charge < -0.3 is 9.47 Å². The Balaban J connectivity index is 2.47. The number of rotatable bonds is 1. The van der Waals surface area contributed by atoms with E-state index >= 15 is 0 Å². The lowest BCUT2D eigenvalue weighted by molar-refractivity contribution is -0.161. The van der Waals surface area contributed by atoms with Crippen molar-refractivity contribution < 1.29 is 9.47 Å². The largest absolute Gasteiger partial charge is 0.381 e. The van der Waals surface area contributed by atoms with Crippen LogP contribution in [0.3, 0.4) is 0 Å². The van der Waals surface area contributed by atoms with Crippen molar-refractivity contribution in [3.63, 3.8) is 0 Å².